The highest BCUT2D eigenvalue weighted by molar-refractivity contribution is 8.26. The molecule has 2 aromatic carbocycles. The first-order valence-corrected chi connectivity index (χ1v) is 11.2. The number of methoxy groups -OCH3 is 1. The Morgan fingerprint density at radius 2 is 1.88 bits per heavy atom. The Morgan fingerprint density at radius 3 is 2.62 bits per heavy atom. The van der Waals surface area contributed by atoms with Gasteiger partial charge in [-0.25, -0.2) is 0 Å². The summed E-state index contributed by atoms with van der Waals surface area (Å²) in [6.45, 7) is 0.290. The highest BCUT2D eigenvalue weighted by Crippen LogP contribution is 2.33. The van der Waals surface area contributed by atoms with Gasteiger partial charge in [-0.3, -0.25) is 30.1 Å². The van der Waals surface area contributed by atoms with E-state index in [2.05, 4.69) is 10.9 Å². The van der Waals surface area contributed by atoms with Crippen molar-refractivity contribution in [3.05, 3.63) is 69.6 Å². The summed E-state index contributed by atoms with van der Waals surface area (Å²) in [5.74, 6) is -0.689. The molecule has 0 saturated carbocycles. The Morgan fingerprint density at radius 1 is 1.16 bits per heavy atom. The van der Waals surface area contributed by atoms with Crippen LogP contribution in [0.2, 0.25) is 5.02 Å². The van der Waals surface area contributed by atoms with E-state index in [1.807, 2.05) is 18.2 Å². The van der Waals surface area contributed by atoms with Crippen LogP contribution in [0.3, 0.4) is 0 Å². The number of para-hydroxylation sites is 1. The van der Waals surface area contributed by atoms with Crippen molar-refractivity contribution in [2.24, 2.45) is 0 Å². The number of rotatable bonds is 7. The number of carbonyl (C=O) groups excluding carboxylic acids is 3. The third-order valence-corrected chi connectivity index (χ3v) is 6.24. The van der Waals surface area contributed by atoms with E-state index in [1.165, 1.54) is 23.8 Å². The fourth-order valence-corrected chi connectivity index (χ4v) is 4.40. The summed E-state index contributed by atoms with van der Waals surface area (Å²) >= 11 is 12.7. The molecule has 2 N–H and O–H groups in total. The SMILES string of the molecule is COc1ccccc1C(=O)NNC(=O)CCCN1C(=O)/C(=C\c2ccccc2Cl)SC1=S. The van der Waals surface area contributed by atoms with Gasteiger partial charge in [0.2, 0.25) is 5.91 Å². The number of hydrazine groups is 1. The van der Waals surface area contributed by atoms with Crippen molar-refractivity contribution >= 4 is 63.7 Å². The summed E-state index contributed by atoms with van der Waals surface area (Å²) < 4.78 is 5.56. The molecule has 0 bridgehead atoms. The number of ether oxygens (including phenoxy) is 1. The number of thioether (sulfide) groups is 1. The molecule has 0 aromatic heterocycles. The van der Waals surface area contributed by atoms with E-state index in [9.17, 15) is 14.4 Å². The highest BCUT2D eigenvalue weighted by atomic mass is 35.5. The lowest BCUT2D eigenvalue weighted by atomic mass is 10.2. The number of carbonyl (C=O) groups is 3. The maximum Gasteiger partial charge on any atom is 0.273 e. The van der Waals surface area contributed by atoms with Crippen LogP contribution in [0.15, 0.2) is 53.4 Å². The van der Waals surface area contributed by atoms with Crippen molar-refractivity contribution in [1.82, 2.24) is 15.8 Å². The standard InChI is InChI=1S/C22H20ClN3O4S2/c1-30-17-10-5-3-8-15(17)20(28)25-24-19(27)11-6-12-26-21(29)18(32-22(26)31)13-14-7-2-4-9-16(14)23/h2-5,7-10,13H,6,11-12H2,1H3,(H,24,27)(H,25,28)/b18-13+. The van der Waals surface area contributed by atoms with E-state index in [-0.39, 0.29) is 18.2 Å². The topological polar surface area (TPSA) is 87.7 Å². The van der Waals surface area contributed by atoms with E-state index < -0.39 is 5.91 Å². The number of thiocarbonyl (C=S) groups is 1. The zero-order valence-electron chi connectivity index (χ0n) is 17.1. The summed E-state index contributed by atoms with van der Waals surface area (Å²) in [7, 11) is 1.46. The summed E-state index contributed by atoms with van der Waals surface area (Å²) in [6.07, 6.45) is 2.19. The second-order valence-electron chi connectivity index (χ2n) is 6.66. The lowest BCUT2D eigenvalue weighted by molar-refractivity contribution is -0.124. The van der Waals surface area contributed by atoms with Crippen LogP contribution in [0.25, 0.3) is 6.08 Å². The van der Waals surface area contributed by atoms with Gasteiger partial charge < -0.3 is 4.74 Å². The third kappa shape index (κ3) is 5.87. The van der Waals surface area contributed by atoms with E-state index in [1.54, 1.807) is 36.4 Å². The van der Waals surface area contributed by atoms with Gasteiger partial charge in [-0.15, -0.1) is 0 Å². The van der Waals surface area contributed by atoms with Crippen LogP contribution in [0.5, 0.6) is 5.75 Å². The molecule has 10 heteroatoms. The third-order valence-electron chi connectivity index (χ3n) is 4.52. The van der Waals surface area contributed by atoms with Gasteiger partial charge in [0.25, 0.3) is 11.8 Å². The van der Waals surface area contributed by atoms with Gasteiger partial charge in [0, 0.05) is 18.0 Å². The van der Waals surface area contributed by atoms with Gasteiger partial charge in [0.15, 0.2) is 0 Å². The average Bonchev–Trinajstić information content (AvgIpc) is 3.06. The second-order valence-corrected chi connectivity index (χ2v) is 8.74. The molecule has 7 nitrogen and oxygen atoms in total. The molecular formula is C22H20ClN3O4S2. The Bertz CT molecular complexity index is 1090. The van der Waals surface area contributed by atoms with E-state index in [4.69, 9.17) is 28.6 Å². The zero-order valence-corrected chi connectivity index (χ0v) is 19.5. The summed E-state index contributed by atoms with van der Waals surface area (Å²) in [5.41, 5.74) is 5.76. The number of benzene rings is 2. The molecule has 3 amide bonds. The van der Waals surface area contributed by atoms with Gasteiger partial charge in [-0.05, 0) is 36.3 Å². The van der Waals surface area contributed by atoms with E-state index >= 15 is 0 Å². The van der Waals surface area contributed by atoms with Crippen LogP contribution in [-0.2, 0) is 9.59 Å². The van der Waals surface area contributed by atoms with Crippen LogP contribution in [0.4, 0.5) is 0 Å². The van der Waals surface area contributed by atoms with Crippen LogP contribution in [-0.4, -0.2) is 40.6 Å². The minimum atomic E-state index is -0.488. The average molecular weight is 490 g/mol. The molecule has 1 heterocycles. The molecule has 32 heavy (non-hydrogen) atoms. The van der Waals surface area contributed by atoms with Gasteiger partial charge in [-0.2, -0.15) is 0 Å². The molecule has 0 atom stereocenters. The van der Waals surface area contributed by atoms with Gasteiger partial charge >= 0.3 is 0 Å². The van der Waals surface area contributed by atoms with E-state index in [0.29, 0.717) is 38.5 Å². The minimum Gasteiger partial charge on any atom is -0.496 e. The van der Waals surface area contributed by atoms with Gasteiger partial charge in [0.1, 0.15) is 10.1 Å². The fraction of sp³-hybridized carbons (Fsp3) is 0.182. The molecule has 3 rings (SSSR count). The second kappa shape index (κ2) is 11.1. The quantitative estimate of drug-likeness (QED) is 0.349. The molecule has 1 saturated heterocycles. The lowest BCUT2D eigenvalue weighted by Gasteiger charge is -2.14. The first kappa shape index (κ1) is 23.8. The highest BCUT2D eigenvalue weighted by Gasteiger charge is 2.31. The molecule has 0 spiro atoms. The lowest BCUT2D eigenvalue weighted by Crippen LogP contribution is -2.42. The first-order valence-electron chi connectivity index (χ1n) is 9.63. The van der Waals surface area contributed by atoms with Crippen molar-refractivity contribution in [2.45, 2.75) is 12.8 Å². The molecule has 0 unspecified atom stereocenters. The number of hydrogen-bond acceptors (Lipinski definition) is 6. The maximum atomic E-state index is 12.7. The Labute approximate surface area is 200 Å². The normalized spacial score (nSPS) is 14.6. The number of nitrogens with zero attached hydrogens (tertiary/aromatic N) is 1. The van der Waals surface area contributed by atoms with Gasteiger partial charge in [-0.1, -0.05) is 65.9 Å². The molecule has 0 aliphatic carbocycles. The molecule has 0 radical (unpaired) electrons. The smallest absolute Gasteiger partial charge is 0.273 e. The molecule has 166 valence electrons. The molecule has 2 aromatic rings. The van der Waals surface area contributed by atoms with Crippen molar-refractivity contribution < 1.29 is 19.1 Å². The van der Waals surface area contributed by atoms with Crippen molar-refractivity contribution in [3.8, 4) is 5.75 Å². The maximum absolute atomic E-state index is 12.7. The largest absolute Gasteiger partial charge is 0.496 e. The first-order chi connectivity index (χ1) is 15.4. The summed E-state index contributed by atoms with van der Waals surface area (Å²) in [5, 5.41) is 0.546. The van der Waals surface area contributed by atoms with Crippen LogP contribution >= 0.6 is 35.6 Å². The Balaban J connectivity index is 1.48. The van der Waals surface area contributed by atoms with Gasteiger partial charge in [0.05, 0.1) is 17.6 Å². The monoisotopic (exact) mass is 489 g/mol. The van der Waals surface area contributed by atoms with Crippen LogP contribution in [0.1, 0.15) is 28.8 Å². The Hall–Kier alpha value is -2.88. The number of nitrogens with one attached hydrogen (secondary N) is 2. The molecular weight excluding hydrogens is 470 g/mol. The Kier molecular flexibility index (Phi) is 8.26. The molecule has 1 aliphatic rings. The summed E-state index contributed by atoms with van der Waals surface area (Å²) in [6, 6.07) is 13.9. The minimum absolute atomic E-state index is 0.104. The van der Waals surface area contributed by atoms with Crippen molar-refractivity contribution in [3.63, 3.8) is 0 Å². The zero-order chi connectivity index (χ0) is 23.1. The fourth-order valence-electron chi connectivity index (χ4n) is 2.91. The van der Waals surface area contributed by atoms with Crippen LogP contribution < -0.4 is 15.6 Å². The summed E-state index contributed by atoms with van der Waals surface area (Å²) in [4.78, 5) is 38.9. The number of hydrogen-bond donors (Lipinski definition) is 2. The van der Waals surface area contributed by atoms with Crippen molar-refractivity contribution in [1.29, 1.82) is 0 Å². The predicted molar refractivity (Wildman–Crippen MR) is 129 cm³/mol. The van der Waals surface area contributed by atoms with Crippen LogP contribution in [0, 0.1) is 0 Å². The molecule has 1 aliphatic heterocycles. The predicted octanol–water partition coefficient (Wildman–Crippen LogP) is 3.79. The number of halogens is 1. The number of amides is 3. The molecule has 1 fully saturated rings. The van der Waals surface area contributed by atoms with E-state index in [0.717, 1.165) is 5.56 Å². The van der Waals surface area contributed by atoms with Crippen molar-refractivity contribution in [2.75, 3.05) is 13.7 Å².